The molecule has 118 valence electrons. The van der Waals surface area contributed by atoms with E-state index in [1.165, 1.54) is 19.4 Å². The van der Waals surface area contributed by atoms with E-state index in [1.54, 1.807) is 6.08 Å². The van der Waals surface area contributed by atoms with Gasteiger partial charge in [0.05, 0.1) is 7.11 Å². The van der Waals surface area contributed by atoms with Crippen molar-refractivity contribution in [3.63, 3.8) is 0 Å². The molecule has 5 heteroatoms. The highest BCUT2D eigenvalue weighted by Gasteiger charge is 2.11. The number of hydrogen-bond donors (Lipinski definition) is 2. The molecule has 0 radical (unpaired) electrons. The van der Waals surface area contributed by atoms with Crippen molar-refractivity contribution in [1.29, 1.82) is 0 Å². The van der Waals surface area contributed by atoms with Gasteiger partial charge in [-0.15, -0.1) is 0 Å². The third kappa shape index (κ3) is 4.77. The molecule has 1 rings (SSSR count). The number of ether oxygens (including phenoxy) is 1. The molecule has 0 fully saturated rings. The fraction of sp³-hybridized carbons (Fsp3) is 0.294. The highest BCUT2D eigenvalue weighted by atomic mass is 16.5. The number of carbonyl (C=O) groups is 1. The van der Waals surface area contributed by atoms with Crippen LogP contribution in [0.1, 0.15) is 18.1 Å². The summed E-state index contributed by atoms with van der Waals surface area (Å²) in [6, 6.07) is 5.85. The van der Waals surface area contributed by atoms with E-state index in [-0.39, 0.29) is 11.3 Å². The summed E-state index contributed by atoms with van der Waals surface area (Å²) in [5.74, 6) is -0.805. The smallest absolute Gasteiger partial charge is 0.343 e. The van der Waals surface area contributed by atoms with Crippen LogP contribution in [0.25, 0.3) is 6.08 Å². The van der Waals surface area contributed by atoms with E-state index in [0.717, 1.165) is 16.8 Å². The van der Waals surface area contributed by atoms with Crippen molar-refractivity contribution in [1.82, 2.24) is 0 Å². The number of aliphatic hydroxyl groups excluding tert-OH is 1. The second-order valence-corrected chi connectivity index (χ2v) is 4.58. The van der Waals surface area contributed by atoms with Gasteiger partial charge < -0.3 is 15.2 Å². The second kappa shape index (κ2) is 8.67. The summed E-state index contributed by atoms with van der Waals surface area (Å²) in [5, 5.41) is 13.1. The van der Waals surface area contributed by atoms with E-state index in [2.05, 4.69) is 15.0 Å². The summed E-state index contributed by atoms with van der Waals surface area (Å²) in [5.41, 5.74) is 3.08. The Balaban J connectivity index is 3.07. The predicted molar refractivity (Wildman–Crippen MR) is 90.5 cm³/mol. The first-order valence-corrected chi connectivity index (χ1v) is 7.01. The molecule has 0 aliphatic rings. The molecule has 22 heavy (non-hydrogen) atoms. The van der Waals surface area contributed by atoms with Gasteiger partial charge >= 0.3 is 5.97 Å². The van der Waals surface area contributed by atoms with Gasteiger partial charge in [0.25, 0.3) is 0 Å². The third-order valence-corrected chi connectivity index (χ3v) is 3.04. The molecule has 0 saturated carbocycles. The molecule has 0 aliphatic carbocycles. The lowest BCUT2D eigenvalue weighted by Crippen LogP contribution is -2.08. The van der Waals surface area contributed by atoms with Gasteiger partial charge in [-0.2, -0.15) is 0 Å². The molecule has 0 amide bonds. The van der Waals surface area contributed by atoms with E-state index in [0.29, 0.717) is 6.54 Å². The van der Waals surface area contributed by atoms with Crippen LogP contribution < -0.4 is 5.32 Å². The van der Waals surface area contributed by atoms with Crippen molar-refractivity contribution in [3.05, 3.63) is 46.7 Å². The first kappa shape index (κ1) is 17.5. The van der Waals surface area contributed by atoms with Gasteiger partial charge in [-0.3, -0.25) is 4.99 Å². The van der Waals surface area contributed by atoms with Crippen LogP contribution in [0.3, 0.4) is 0 Å². The monoisotopic (exact) mass is 302 g/mol. The lowest BCUT2D eigenvalue weighted by Gasteiger charge is -2.05. The number of rotatable bonds is 6. The van der Waals surface area contributed by atoms with Crippen LogP contribution in [0, 0.1) is 6.92 Å². The number of anilines is 1. The van der Waals surface area contributed by atoms with Crippen LogP contribution in [-0.2, 0) is 9.53 Å². The zero-order valence-electron chi connectivity index (χ0n) is 13.4. The van der Waals surface area contributed by atoms with Crippen molar-refractivity contribution in [2.24, 2.45) is 4.99 Å². The van der Waals surface area contributed by atoms with Gasteiger partial charge in [0.2, 0.25) is 0 Å². The average molecular weight is 302 g/mol. The van der Waals surface area contributed by atoms with Crippen LogP contribution in [0.15, 0.2) is 40.6 Å². The topological polar surface area (TPSA) is 70.9 Å². The fourth-order valence-corrected chi connectivity index (χ4v) is 1.85. The highest BCUT2D eigenvalue weighted by Crippen LogP contribution is 2.17. The maximum Gasteiger partial charge on any atom is 0.343 e. The highest BCUT2D eigenvalue weighted by molar-refractivity contribution is 6.10. The molecule has 1 aromatic rings. The minimum atomic E-state index is -0.624. The Hall–Kier alpha value is -2.56. The number of aliphatic hydroxyl groups is 1. The summed E-state index contributed by atoms with van der Waals surface area (Å²) in [7, 11) is 3.13. The summed E-state index contributed by atoms with van der Waals surface area (Å²) in [6.45, 7) is 4.35. The Morgan fingerprint density at radius 1 is 1.45 bits per heavy atom. The van der Waals surface area contributed by atoms with Crippen LogP contribution in [-0.4, -0.2) is 38.0 Å². The lowest BCUT2D eigenvalue weighted by atomic mass is 10.1. The van der Waals surface area contributed by atoms with Crippen LogP contribution in [0.4, 0.5) is 5.69 Å². The maximum atomic E-state index is 11.6. The first-order chi connectivity index (χ1) is 10.5. The van der Waals surface area contributed by atoms with Crippen molar-refractivity contribution in [2.45, 2.75) is 13.8 Å². The molecule has 0 bridgehead atoms. The number of nitrogens with one attached hydrogen (secondary N) is 1. The number of aryl methyl sites for hydroxylation is 1. The number of methoxy groups -OCH3 is 1. The molecule has 0 aromatic heterocycles. The Morgan fingerprint density at radius 3 is 2.73 bits per heavy atom. The van der Waals surface area contributed by atoms with Crippen molar-refractivity contribution >= 4 is 23.9 Å². The molecule has 1 aromatic carbocycles. The summed E-state index contributed by atoms with van der Waals surface area (Å²) in [4.78, 5) is 15.6. The number of aliphatic imine (C=N–C) groups is 1. The Kier molecular flexibility index (Phi) is 6.89. The van der Waals surface area contributed by atoms with Gasteiger partial charge in [-0.25, -0.2) is 4.79 Å². The maximum absolute atomic E-state index is 11.6. The quantitative estimate of drug-likeness (QED) is 0.278. The van der Waals surface area contributed by atoms with Crippen molar-refractivity contribution < 1.29 is 14.6 Å². The fourth-order valence-electron chi connectivity index (χ4n) is 1.85. The minimum Gasteiger partial charge on any atom is -0.507 e. The third-order valence-electron chi connectivity index (χ3n) is 3.04. The molecule has 0 unspecified atom stereocenters. The lowest BCUT2D eigenvalue weighted by molar-refractivity contribution is -0.135. The van der Waals surface area contributed by atoms with Crippen LogP contribution in [0.5, 0.6) is 0 Å². The molecule has 0 saturated heterocycles. The Labute approximate surface area is 131 Å². The van der Waals surface area contributed by atoms with Crippen molar-refractivity contribution in [3.8, 4) is 0 Å². The molecule has 5 nitrogen and oxygen atoms in total. The van der Waals surface area contributed by atoms with E-state index in [4.69, 9.17) is 0 Å². The number of hydrogen-bond acceptors (Lipinski definition) is 5. The van der Waals surface area contributed by atoms with Gasteiger partial charge in [0.15, 0.2) is 0 Å². The normalized spacial score (nSPS) is 12.5. The van der Waals surface area contributed by atoms with E-state index >= 15 is 0 Å². The molecule has 2 N–H and O–H groups in total. The zero-order chi connectivity index (χ0) is 16.5. The Bertz CT molecular complexity index is 616. The van der Waals surface area contributed by atoms with Gasteiger partial charge in [-0.1, -0.05) is 12.1 Å². The summed E-state index contributed by atoms with van der Waals surface area (Å²) < 4.78 is 4.64. The Morgan fingerprint density at radius 2 is 2.18 bits per heavy atom. The minimum absolute atomic E-state index is 0.0316. The van der Waals surface area contributed by atoms with Crippen LogP contribution >= 0.6 is 0 Å². The summed E-state index contributed by atoms with van der Waals surface area (Å²) in [6.07, 6.45) is 4.51. The average Bonchev–Trinajstić information content (AvgIpc) is 2.53. The zero-order valence-corrected chi connectivity index (χ0v) is 13.4. The number of allylic oxidation sites excluding steroid dienone is 1. The first-order valence-electron chi connectivity index (χ1n) is 7.01. The van der Waals surface area contributed by atoms with E-state index in [9.17, 15) is 9.90 Å². The predicted octanol–water partition coefficient (Wildman–Crippen LogP) is 3.13. The molecule has 0 heterocycles. The second-order valence-electron chi connectivity index (χ2n) is 4.58. The molecular weight excluding hydrogens is 280 g/mol. The largest absolute Gasteiger partial charge is 0.507 e. The summed E-state index contributed by atoms with van der Waals surface area (Å²) >= 11 is 0. The molecule has 0 spiro atoms. The number of esters is 1. The molecule has 0 atom stereocenters. The molecule has 0 aliphatic heterocycles. The van der Waals surface area contributed by atoms with Gasteiger partial charge in [0.1, 0.15) is 11.3 Å². The van der Waals surface area contributed by atoms with E-state index < -0.39 is 5.97 Å². The number of carbonyl (C=O) groups excluding carboxylic acids is 1. The van der Waals surface area contributed by atoms with Gasteiger partial charge in [0, 0.05) is 25.5 Å². The number of nitrogens with zero attached hydrogens (tertiary/aromatic N) is 1. The SMILES string of the molecule is CCN=CC(C(=O)OC)=C(O)/C=C/c1ccc(NC)c(C)c1. The standard InChI is InChI=1S/C17H22N2O3/c1-5-19-11-14(17(21)22-4)16(20)9-7-13-6-8-15(18-3)12(2)10-13/h6-11,18,20H,5H2,1-4H3/b9-7+,16-14?,19-11?. The van der Waals surface area contributed by atoms with E-state index in [1.807, 2.05) is 39.1 Å². The van der Waals surface area contributed by atoms with Gasteiger partial charge in [-0.05, 0) is 43.2 Å². The number of benzene rings is 1. The molecular formula is C17H22N2O3. The van der Waals surface area contributed by atoms with Crippen molar-refractivity contribution in [2.75, 3.05) is 26.0 Å². The van der Waals surface area contributed by atoms with Crippen LogP contribution in [0.2, 0.25) is 0 Å².